The zero-order valence-electron chi connectivity index (χ0n) is 12.9. The second kappa shape index (κ2) is 8.04. The fourth-order valence-corrected chi connectivity index (χ4v) is 2.79. The first-order valence-corrected chi connectivity index (χ1v) is 8.16. The smallest absolute Gasteiger partial charge is 0.163 e. The van der Waals surface area contributed by atoms with Crippen molar-refractivity contribution in [1.29, 1.82) is 0 Å². The summed E-state index contributed by atoms with van der Waals surface area (Å²) in [6.07, 6.45) is 8.71. The number of rotatable bonds is 4. The van der Waals surface area contributed by atoms with Gasteiger partial charge in [-0.2, -0.15) is 0 Å². The van der Waals surface area contributed by atoms with Gasteiger partial charge in [0.15, 0.2) is 11.9 Å². The van der Waals surface area contributed by atoms with Gasteiger partial charge < -0.3 is 18.9 Å². The fourth-order valence-electron chi connectivity index (χ4n) is 2.29. The van der Waals surface area contributed by atoms with Crippen LogP contribution in [0, 0.1) is 24.2 Å². The highest BCUT2D eigenvalue weighted by Crippen LogP contribution is 2.34. The van der Waals surface area contributed by atoms with E-state index < -0.39 is 5.79 Å². The third-order valence-electron chi connectivity index (χ3n) is 3.39. The zero-order chi connectivity index (χ0) is 16.0. The van der Waals surface area contributed by atoms with Crippen molar-refractivity contribution in [2.24, 2.45) is 0 Å². The van der Waals surface area contributed by atoms with Gasteiger partial charge in [0.25, 0.3) is 0 Å². The number of hydrogen-bond acceptors (Lipinski definition) is 4. The molecule has 120 valence electrons. The molecule has 2 rings (SSSR count). The first-order valence-electron chi connectivity index (χ1n) is 7.37. The van der Waals surface area contributed by atoms with Crippen LogP contribution in [0.2, 0.25) is 0 Å². The first-order chi connectivity index (χ1) is 10.5. The summed E-state index contributed by atoms with van der Waals surface area (Å²) in [5, 5.41) is 0. The minimum Gasteiger partial charge on any atom is -0.492 e. The number of ether oxygens (including phenoxy) is 4. The molecule has 0 bridgehead atoms. The molecule has 2 aliphatic rings. The van der Waals surface area contributed by atoms with Crippen LogP contribution in [0.3, 0.4) is 0 Å². The summed E-state index contributed by atoms with van der Waals surface area (Å²) in [4.78, 5) is 0. The van der Waals surface area contributed by atoms with Crippen LogP contribution in [0.4, 0.5) is 0 Å². The average molecular weight is 369 g/mol. The van der Waals surface area contributed by atoms with E-state index in [1.807, 2.05) is 13.8 Å². The predicted molar refractivity (Wildman–Crippen MR) is 87.0 cm³/mol. The maximum Gasteiger partial charge on any atom is 0.163 e. The van der Waals surface area contributed by atoms with E-state index in [-0.39, 0.29) is 18.3 Å². The fraction of sp³-hybridized carbons (Fsp3) is 0.647. The Morgan fingerprint density at radius 1 is 1.41 bits per heavy atom. The van der Waals surface area contributed by atoms with Crippen molar-refractivity contribution in [1.82, 2.24) is 0 Å². The molecule has 0 aromatic carbocycles. The maximum absolute atomic E-state index is 5.96. The summed E-state index contributed by atoms with van der Waals surface area (Å²) in [5.74, 6) is 8.03. The molecule has 0 aromatic heterocycles. The van der Waals surface area contributed by atoms with E-state index in [1.54, 1.807) is 6.26 Å². The zero-order valence-corrected chi connectivity index (χ0v) is 14.5. The number of unbranched alkanes of at least 4 members (excludes halogenated alkanes) is 2. The molecule has 3 atom stereocenters. The summed E-state index contributed by atoms with van der Waals surface area (Å²) in [6, 6.07) is 0. The molecular formula is C17H21BrO4. The first kappa shape index (κ1) is 17.4. The van der Waals surface area contributed by atoms with Gasteiger partial charge in [-0.1, -0.05) is 5.92 Å². The average Bonchev–Trinajstić information content (AvgIpc) is 2.47. The topological polar surface area (TPSA) is 36.9 Å². The van der Waals surface area contributed by atoms with Crippen molar-refractivity contribution in [3.63, 3.8) is 0 Å². The van der Waals surface area contributed by atoms with Crippen LogP contribution in [0.1, 0.15) is 33.1 Å². The molecule has 2 aliphatic heterocycles. The van der Waals surface area contributed by atoms with Crippen LogP contribution in [-0.2, 0) is 18.9 Å². The molecule has 0 N–H and O–H groups in total. The summed E-state index contributed by atoms with van der Waals surface area (Å²) in [7, 11) is 0. The number of halogens is 1. The van der Waals surface area contributed by atoms with Gasteiger partial charge in [-0.3, -0.25) is 0 Å². The van der Waals surface area contributed by atoms with Crippen molar-refractivity contribution in [2.75, 3.05) is 13.2 Å². The second-order valence-electron chi connectivity index (χ2n) is 5.61. The molecule has 1 fully saturated rings. The van der Waals surface area contributed by atoms with E-state index in [9.17, 15) is 0 Å². The van der Waals surface area contributed by atoms with E-state index in [0.717, 1.165) is 23.7 Å². The van der Waals surface area contributed by atoms with Crippen LogP contribution >= 0.6 is 15.9 Å². The number of terminal acetylenes is 1. The monoisotopic (exact) mass is 368 g/mol. The van der Waals surface area contributed by atoms with Crippen LogP contribution in [0.15, 0.2) is 10.7 Å². The Balaban J connectivity index is 1.89. The molecule has 5 heteroatoms. The van der Waals surface area contributed by atoms with E-state index in [4.69, 9.17) is 25.4 Å². The maximum atomic E-state index is 5.96. The van der Waals surface area contributed by atoms with E-state index >= 15 is 0 Å². The van der Waals surface area contributed by atoms with Crippen molar-refractivity contribution < 1.29 is 18.9 Å². The quantitative estimate of drug-likeness (QED) is 0.564. The van der Waals surface area contributed by atoms with Crippen molar-refractivity contribution in [3.05, 3.63) is 10.7 Å². The lowest BCUT2D eigenvalue weighted by Crippen LogP contribution is -2.56. The van der Waals surface area contributed by atoms with Gasteiger partial charge in [0, 0.05) is 12.8 Å². The van der Waals surface area contributed by atoms with E-state index in [2.05, 4.69) is 33.7 Å². The van der Waals surface area contributed by atoms with Gasteiger partial charge in [-0.05, 0) is 36.2 Å². The molecule has 2 heterocycles. The van der Waals surface area contributed by atoms with Gasteiger partial charge in [-0.15, -0.1) is 18.3 Å². The largest absolute Gasteiger partial charge is 0.492 e. The van der Waals surface area contributed by atoms with E-state index in [0.29, 0.717) is 13.2 Å². The van der Waals surface area contributed by atoms with Crippen LogP contribution in [-0.4, -0.2) is 37.3 Å². The lowest BCUT2D eigenvalue weighted by molar-refractivity contribution is -0.321. The van der Waals surface area contributed by atoms with Gasteiger partial charge >= 0.3 is 0 Å². The van der Waals surface area contributed by atoms with Gasteiger partial charge in [0.05, 0.1) is 17.4 Å². The van der Waals surface area contributed by atoms with Crippen LogP contribution < -0.4 is 0 Å². The molecule has 4 nitrogen and oxygen atoms in total. The summed E-state index contributed by atoms with van der Waals surface area (Å²) in [6.45, 7) is 4.60. The van der Waals surface area contributed by atoms with E-state index in [1.165, 1.54) is 0 Å². The van der Waals surface area contributed by atoms with Crippen LogP contribution in [0.25, 0.3) is 0 Å². The van der Waals surface area contributed by atoms with Gasteiger partial charge in [0.2, 0.25) is 0 Å². The van der Waals surface area contributed by atoms with Gasteiger partial charge in [0.1, 0.15) is 18.8 Å². The van der Waals surface area contributed by atoms with Crippen LogP contribution in [0.5, 0.6) is 0 Å². The molecule has 0 aromatic rings. The minimum atomic E-state index is -0.641. The molecule has 0 unspecified atom stereocenters. The Hall–Kier alpha value is -0.980. The summed E-state index contributed by atoms with van der Waals surface area (Å²) >= 11 is 3.48. The molecule has 0 amide bonds. The Morgan fingerprint density at radius 3 is 3.00 bits per heavy atom. The molecule has 1 saturated heterocycles. The predicted octanol–water partition coefficient (Wildman–Crippen LogP) is 2.97. The standard InChI is InChI=1S/C17H21BrO4/c1-4-5-6-7-8-9-10-19-15-13(18)11-20-14-12-21-17(2,3)22-16(14)15/h1,11,14-16H,5-7,10,12H2,2-3H3/t14-,15-,16-/m1/s1. The molecule has 0 saturated carbocycles. The Labute approximate surface area is 140 Å². The second-order valence-corrected chi connectivity index (χ2v) is 6.53. The highest BCUT2D eigenvalue weighted by atomic mass is 79.9. The van der Waals surface area contributed by atoms with Gasteiger partial charge in [-0.25, -0.2) is 0 Å². The number of hydrogen-bond donors (Lipinski definition) is 0. The SMILES string of the molecule is C#CCCCC#CCO[C@@H]1C(Br)=CO[C@@H]2COC(C)(C)O[C@@H]12. The lowest BCUT2D eigenvalue weighted by Gasteiger charge is -2.45. The minimum absolute atomic E-state index is 0.164. The van der Waals surface area contributed by atoms with Crippen molar-refractivity contribution >= 4 is 15.9 Å². The Bertz CT molecular complexity index is 509. The van der Waals surface area contributed by atoms with Crippen molar-refractivity contribution in [2.45, 2.75) is 57.2 Å². The third kappa shape index (κ3) is 4.76. The summed E-state index contributed by atoms with van der Waals surface area (Å²) < 4.78 is 23.9. The molecule has 22 heavy (non-hydrogen) atoms. The Morgan fingerprint density at radius 2 is 2.23 bits per heavy atom. The molecule has 0 radical (unpaired) electrons. The summed E-state index contributed by atoms with van der Waals surface area (Å²) in [5.41, 5.74) is 0. The lowest BCUT2D eigenvalue weighted by atomic mass is 10.0. The molecule has 0 spiro atoms. The highest BCUT2D eigenvalue weighted by Gasteiger charge is 2.45. The molecule has 0 aliphatic carbocycles. The third-order valence-corrected chi connectivity index (χ3v) is 4.03. The normalized spacial score (nSPS) is 29.2. The molecular weight excluding hydrogens is 348 g/mol. The Kier molecular flexibility index (Phi) is 6.35. The highest BCUT2D eigenvalue weighted by molar-refractivity contribution is 9.11. The van der Waals surface area contributed by atoms with Crippen molar-refractivity contribution in [3.8, 4) is 24.2 Å². The number of fused-ring (bicyclic) bond motifs is 1.